The van der Waals surface area contributed by atoms with Gasteiger partial charge in [0.2, 0.25) is 5.91 Å². The van der Waals surface area contributed by atoms with E-state index in [1.165, 1.54) is 12.8 Å². The van der Waals surface area contributed by atoms with Crippen LogP contribution in [0.15, 0.2) is 18.2 Å². The van der Waals surface area contributed by atoms with Crippen molar-refractivity contribution in [2.45, 2.75) is 25.3 Å². The van der Waals surface area contributed by atoms with E-state index in [2.05, 4.69) is 9.80 Å². The Morgan fingerprint density at radius 3 is 2.73 bits per heavy atom. The number of piperazine rings is 1. The van der Waals surface area contributed by atoms with Gasteiger partial charge in [-0.2, -0.15) is 0 Å². The van der Waals surface area contributed by atoms with E-state index in [-0.39, 0.29) is 5.91 Å². The molecule has 22 heavy (non-hydrogen) atoms. The van der Waals surface area contributed by atoms with Crippen LogP contribution in [-0.4, -0.2) is 48.0 Å². The predicted octanol–water partition coefficient (Wildman–Crippen LogP) is 1.61. The maximum absolute atomic E-state index is 11.0. The maximum Gasteiger partial charge on any atom is 0.221 e. The number of carbonyl (C=O) groups excluding carboxylic acids is 1. The highest BCUT2D eigenvalue weighted by molar-refractivity contribution is 7.22. The number of benzene rings is 1. The number of primary amides is 1. The molecule has 6 heteroatoms. The number of anilines is 1. The zero-order valence-electron chi connectivity index (χ0n) is 12.5. The minimum Gasteiger partial charge on any atom is -0.369 e. The molecule has 116 valence electrons. The number of hydrogen-bond donors (Lipinski definition) is 1. The third-order valence-corrected chi connectivity index (χ3v) is 5.55. The quantitative estimate of drug-likeness (QED) is 0.931. The monoisotopic (exact) mass is 316 g/mol. The van der Waals surface area contributed by atoms with Crippen molar-refractivity contribution in [3.8, 4) is 0 Å². The molecular weight excluding hydrogens is 296 g/mol. The molecule has 1 saturated heterocycles. The van der Waals surface area contributed by atoms with Crippen molar-refractivity contribution in [3.63, 3.8) is 0 Å². The van der Waals surface area contributed by atoms with Crippen molar-refractivity contribution in [2.24, 2.45) is 5.73 Å². The molecule has 2 fully saturated rings. The molecule has 2 aromatic rings. The highest BCUT2D eigenvalue weighted by Gasteiger charge is 2.31. The van der Waals surface area contributed by atoms with Gasteiger partial charge in [-0.15, -0.1) is 0 Å². The number of fused-ring (bicyclic) bond motifs is 1. The molecule has 0 atom stereocenters. The number of amides is 1. The van der Waals surface area contributed by atoms with E-state index in [9.17, 15) is 4.79 Å². The van der Waals surface area contributed by atoms with E-state index >= 15 is 0 Å². The minimum absolute atomic E-state index is 0.291. The lowest BCUT2D eigenvalue weighted by Crippen LogP contribution is -2.47. The van der Waals surface area contributed by atoms with E-state index in [0.29, 0.717) is 6.42 Å². The molecular formula is C16H20N4OS. The smallest absolute Gasteiger partial charge is 0.221 e. The summed E-state index contributed by atoms with van der Waals surface area (Å²) in [4.78, 5) is 20.8. The zero-order chi connectivity index (χ0) is 15.1. The molecule has 0 radical (unpaired) electrons. The topological polar surface area (TPSA) is 62.5 Å². The minimum atomic E-state index is -0.291. The molecule has 0 spiro atoms. The molecule has 2 N–H and O–H groups in total. The number of hydrogen-bond acceptors (Lipinski definition) is 5. The molecule has 4 rings (SSSR count). The molecule has 0 unspecified atom stereocenters. The first-order valence-corrected chi connectivity index (χ1v) is 8.67. The van der Waals surface area contributed by atoms with E-state index in [1.807, 2.05) is 18.2 Å². The van der Waals surface area contributed by atoms with Crippen LogP contribution in [0.5, 0.6) is 0 Å². The van der Waals surface area contributed by atoms with Crippen LogP contribution in [-0.2, 0) is 11.2 Å². The van der Waals surface area contributed by atoms with Crippen molar-refractivity contribution < 1.29 is 4.79 Å². The molecule has 5 nitrogen and oxygen atoms in total. The summed E-state index contributed by atoms with van der Waals surface area (Å²) >= 11 is 1.71. The fourth-order valence-corrected chi connectivity index (χ4v) is 4.20. The summed E-state index contributed by atoms with van der Waals surface area (Å²) in [5, 5.41) is 1.10. The standard InChI is InChI=1S/C16H20N4OS/c17-15(21)10-11-1-4-13-14(9-11)22-16(18-13)20-7-5-19(6-8-20)12-2-3-12/h1,4,9,12H,2-3,5-8,10H2,(H2,17,21). The summed E-state index contributed by atoms with van der Waals surface area (Å²) in [5.41, 5.74) is 7.25. The van der Waals surface area contributed by atoms with Gasteiger partial charge in [0.05, 0.1) is 16.6 Å². The lowest BCUT2D eigenvalue weighted by atomic mass is 10.1. The van der Waals surface area contributed by atoms with Crippen LogP contribution in [0, 0.1) is 0 Å². The summed E-state index contributed by atoms with van der Waals surface area (Å²) in [5.74, 6) is -0.291. The molecule has 1 aromatic carbocycles. The van der Waals surface area contributed by atoms with Gasteiger partial charge >= 0.3 is 0 Å². The largest absolute Gasteiger partial charge is 0.369 e. The fraction of sp³-hybridized carbons (Fsp3) is 0.500. The van der Waals surface area contributed by atoms with Gasteiger partial charge in [0, 0.05) is 32.2 Å². The number of aromatic nitrogens is 1. The number of nitrogens with zero attached hydrogens (tertiary/aromatic N) is 3. The second kappa shape index (κ2) is 5.52. The Kier molecular flexibility index (Phi) is 3.50. The van der Waals surface area contributed by atoms with Crippen molar-refractivity contribution in [2.75, 3.05) is 31.1 Å². The van der Waals surface area contributed by atoms with E-state index in [1.54, 1.807) is 11.3 Å². The molecule has 1 saturated carbocycles. The third kappa shape index (κ3) is 2.80. The van der Waals surface area contributed by atoms with Crippen LogP contribution < -0.4 is 10.6 Å². The molecule has 1 aliphatic carbocycles. The van der Waals surface area contributed by atoms with Gasteiger partial charge in [-0.05, 0) is 30.5 Å². The highest BCUT2D eigenvalue weighted by Crippen LogP contribution is 2.32. The maximum atomic E-state index is 11.0. The van der Waals surface area contributed by atoms with Crippen LogP contribution in [0.3, 0.4) is 0 Å². The summed E-state index contributed by atoms with van der Waals surface area (Å²) in [6, 6.07) is 6.84. The Morgan fingerprint density at radius 2 is 2.05 bits per heavy atom. The normalized spacial score (nSPS) is 19.7. The van der Waals surface area contributed by atoms with Crippen LogP contribution in [0.4, 0.5) is 5.13 Å². The van der Waals surface area contributed by atoms with Gasteiger partial charge in [-0.25, -0.2) is 4.98 Å². The highest BCUT2D eigenvalue weighted by atomic mass is 32.1. The molecule has 2 aliphatic rings. The molecule has 1 aliphatic heterocycles. The van der Waals surface area contributed by atoms with E-state index in [4.69, 9.17) is 10.7 Å². The lowest BCUT2D eigenvalue weighted by molar-refractivity contribution is -0.117. The Hall–Kier alpha value is -1.66. The first-order valence-electron chi connectivity index (χ1n) is 7.86. The van der Waals surface area contributed by atoms with E-state index in [0.717, 1.165) is 53.1 Å². The molecule has 1 aromatic heterocycles. The first kappa shape index (κ1) is 14.0. The number of nitrogens with two attached hydrogens (primary N) is 1. The summed E-state index contributed by atoms with van der Waals surface area (Å²) in [6.07, 6.45) is 3.05. The Morgan fingerprint density at radius 1 is 1.27 bits per heavy atom. The molecule has 1 amide bonds. The van der Waals surface area contributed by atoms with Gasteiger partial charge < -0.3 is 10.6 Å². The van der Waals surface area contributed by atoms with Crippen LogP contribution in [0.25, 0.3) is 10.2 Å². The van der Waals surface area contributed by atoms with Gasteiger partial charge in [0.25, 0.3) is 0 Å². The fourth-order valence-electron chi connectivity index (χ4n) is 3.12. The Bertz CT molecular complexity index is 701. The van der Waals surface area contributed by atoms with E-state index < -0.39 is 0 Å². The zero-order valence-corrected chi connectivity index (χ0v) is 13.3. The van der Waals surface area contributed by atoms with Crippen molar-refractivity contribution in [1.29, 1.82) is 0 Å². The summed E-state index contributed by atoms with van der Waals surface area (Å²) in [7, 11) is 0. The summed E-state index contributed by atoms with van der Waals surface area (Å²) < 4.78 is 1.14. The summed E-state index contributed by atoms with van der Waals surface area (Å²) in [6.45, 7) is 4.41. The van der Waals surface area contributed by atoms with Crippen LogP contribution >= 0.6 is 11.3 Å². The van der Waals surface area contributed by atoms with Gasteiger partial charge in [0.1, 0.15) is 0 Å². The Balaban J connectivity index is 1.51. The number of rotatable bonds is 4. The van der Waals surface area contributed by atoms with Crippen molar-refractivity contribution in [1.82, 2.24) is 9.88 Å². The number of thiazole rings is 1. The van der Waals surface area contributed by atoms with Gasteiger partial charge in [-0.3, -0.25) is 9.69 Å². The van der Waals surface area contributed by atoms with Crippen LogP contribution in [0.1, 0.15) is 18.4 Å². The molecule has 0 bridgehead atoms. The average molecular weight is 316 g/mol. The predicted molar refractivity (Wildman–Crippen MR) is 89.3 cm³/mol. The second-order valence-electron chi connectivity index (χ2n) is 6.20. The third-order valence-electron chi connectivity index (χ3n) is 4.47. The van der Waals surface area contributed by atoms with Gasteiger partial charge in [0.15, 0.2) is 5.13 Å². The molecule has 2 heterocycles. The lowest BCUT2D eigenvalue weighted by Gasteiger charge is -2.34. The Labute approximate surface area is 133 Å². The first-order chi connectivity index (χ1) is 10.7. The second-order valence-corrected chi connectivity index (χ2v) is 7.20. The number of carbonyl (C=O) groups is 1. The van der Waals surface area contributed by atoms with Crippen LogP contribution in [0.2, 0.25) is 0 Å². The SMILES string of the molecule is NC(=O)Cc1ccc2nc(N3CCN(C4CC4)CC3)sc2c1. The van der Waals surface area contributed by atoms with Crippen molar-refractivity contribution in [3.05, 3.63) is 23.8 Å². The van der Waals surface area contributed by atoms with Gasteiger partial charge in [-0.1, -0.05) is 17.4 Å². The van der Waals surface area contributed by atoms with Crippen molar-refractivity contribution >= 4 is 32.6 Å². The average Bonchev–Trinajstić information content (AvgIpc) is 3.26.